The van der Waals surface area contributed by atoms with Crippen molar-refractivity contribution in [1.82, 2.24) is 14.8 Å². The maximum Gasteiger partial charge on any atom is 0.435 e. The first-order valence-electron chi connectivity index (χ1n) is 7.52. The molecule has 26 heavy (non-hydrogen) atoms. The van der Waals surface area contributed by atoms with Crippen molar-refractivity contribution >= 4 is 17.2 Å². The number of hydrogen-bond donors (Lipinski definition) is 0. The van der Waals surface area contributed by atoms with E-state index in [1.54, 1.807) is 44.2 Å². The van der Waals surface area contributed by atoms with Crippen LogP contribution in [0, 0.1) is 13.8 Å². The summed E-state index contributed by atoms with van der Waals surface area (Å²) >= 11 is 0.0500. The van der Waals surface area contributed by atoms with Crippen molar-refractivity contribution in [3.63, 3.8) is 0 Å². The van der Waals surface area contributed by atoms with Gasteiger partial charge in [-0.3, -0.25) is 4.98 Å². The van der Waals surface area contributed by atoms with E-state index in [1.807, 2.05) is 0 Å². The van der Waals surface area contributed by atoms with Gasteiger partial charge in [-0.15, -0.1) is 0 Å². The lowest BCUT2D eigenvalue weighted by molar-refractivity contribution is -0.141. The molecule has 9 heteroatoms. The van der Waals surface area contributed by atoms with Gasteiger partial charge in [-0.25, -0.2) is 4.68 Å². The summed E-state index contributed by atoms with van der Waals surface area (Å²) < 4.78 is 55.5. The quantitative estimate of drug-likeness (QED) is 0.669. The Morgan fingerprint density at radius 1 is 1.15 bits per heavy atom. The second-order valence-corrected chi connectivity index (χ2v) is 5.91. The number of benzene rings is 1. The highest BCUT2D eigenvalue weighted by Gasteiger charge is 2.35. The number of aromatic nitrogens is 3. The van der Waals surface area contributed by atoms with Gasteiger partial charge in [0.1, 0.15) is 0 Å². The van der Waals surface area contributed by atoms with E-state index in [0.717, 1.165) is 11.6 Å². The number of pyridine rings is 1. The molecule has 2 heterocycles. The van der Waals surface area contributed by atoms with E-state index < -0.39 is 11.9 Å². The van der Waals surface area contributed by atoms with Gasteiger partial charge in [-0.05, 0) is 43.7 Å². The fourth-order valence-corrected chi connectivity index (χ4v) is 2.99. The molecule has 2 aromatic heterocycles. The summed E-state index contributed by atoms with van der Waals surface area (Å²) in [5.74, 6) is 0. The lowest BCUT2D eigenvalue weighted by Gasteiger charge is -2.13. The molecule has 0 bridgehead atoms. The highest BCUT2D eigenvalue weighted by molar-refractivity contribution is 7.54. The molecule has 0 unspecified atom stereocenters. The van der Waals surface area contributed by atoms with Crippen LogP contribution in [0.25, 0.3) is 17.1 Å². The molecule has 0 spiro atoms. The van der Waals surface area contributed by atoms with Crippen molar-refractivity contribution in [2.24, 2.45) is 4.36 Å². The van der Waals surface area contributed by atoms with Gasteiger partial charge in [0.25, 0.3) is 0 Å². The molecule has 0 aliphatic heterocycles. The summed E-state index contributed by atoms with van der Waals surface area (Å²) in [6.07, 6.45) is -3.10. The highest BCUT2D eigenvalue weighted by Crippen LogP contribution is 2.35. The average Bonchev–Trinajstić information content (AvgIpc) is 3.05. The molecule has 134 valence electrons. The highest BCUT2D eigenvalue weighted by atomic mass is 32.1. The predicted molar refractivity (Wildman–Crippen MR) is 91.5 cm³/mol. The predicted octanol–water partition coefficient (Wildman–Crippen LogP) is 4.60. The van der Waals surface area contributed by atoms with Crippen LogP contribution in [0.15, 0.2) is 47.0 Å². The van der Waals surface area contributed by atoms with E-state index in [-0.39, 0.29) is 17.2 Å². The number of alkyl halides is 3. The summed E-state index contributed by atoms with van der Waals surface area (Å²) in [6, 6.07) is 9.27. The number of nitrogens with zero attached hydrogens (tertiary/aromatic N) is 4. The molecular formula is C17H13F3N4OS. The fraction of sp³-hybridized carbons (Fsp3) is 0.176. The smallest absolute Gasteiger partial charge is 0.255 e. The van der Waals surface area contributed by atoms with Crippen LogP contribution in [0.1, 0.15) is 16.8 Å². The Morgan fingerprint density at radius 3 is 2.54 bits per heavy atom. The number of hydrogen-bond acceptors (Lipinski definition) is 4. The molecule has 5 nitrogen and oxygen atoms in total. The van der Waals surface area contributed by atoms with Gasteiger partial charge in [-0.2, -0.15) is 26.8 Å². The Balaban J connectivity index is 2.30. The van der Waals surface area contributed by atoms with Gasteiger partial charge in [0.05, 0.1) is 22.8 Å². The third-order valence-corrected chi connectivity index (χ3v) is 4.15. The first kappa shape index (κ1) is 18.0. The first-order valence-corrected chi connectivity index (χ1v) is 8.22. The van der Waals surface area contributed by atoms with E-state index in [1.165, 1.54) is 10.9 Å². The van der Waals surface area contributed by atoms with Gasteiger partial charge < -0.3 is 0 Å². The third-order valence-electron chi connectivity index (χ3n) is 3.89. The molecule has 0 fully saturated rings. The lowest BCUT2D eigenvalue weighted by atomic mass is 10.1. The molecule has 0 saturated heterocycles. The second-order valence-electron chi connectivity index (χ2n) is 5.58. The van der Waals surface area contributed by atoms with Crippen LogP contribution in [0.3, 0.4) is 0 Å². The molecule has 0 aliphatic carbocycles. The van der Waals surface area contributed by atoms with Crippen LogP contribution >= 0.6 is 0 Å². The minimum Gasteiger partial charge on any atom is -0.255 e. The molecule has 0 N–H and O–H groups in total. The first-order chi connectivity index (χ1) is 12.3. The Kier molecular flexibility index (Phi) is 4.73. The Hall–Kier alpha value is -2.81. The molecule has 3 aromatic rings. The van der Waals surface area contributed by atoms with Crippen molar-refractivity contribution in [3.8, 4) is 17.1 Å². The molecule has 0 saturated carbocycles. The normalized spacial score (nSPS) is 11.4. The number of aryl methyl sites for hydroxylation is 1. The Bertz CT molecular complexity index is 1010. The Morgan fingerprint density at radius 2 is 1.92 bits per heavy atom. The largest absolute Gasteiger partial charge is 0.435 e. The zero-order chi connectivity index (χ0) is 18.9. The molecular weight excluding hydrogens is 365 g/mol. The van der Waals surface area contributed by atoms with E-state index in [9.17, 15) is 17.4 Å². The monoisotopic (exact) mass is 378 g/mol. The van der Waals surface area contributed by atoms with Gasteiger partial charge in [-0.1, -0.05) is 12.1 Å². The van der Waals surface area contributed by atoms with Crippen molar-refractivity contribution in [3.05, 3.63) is 59.4 Å². The summed E-state index contributed by atoms with van der Waals surface area (Å²) in [6.45, 7) is 3.46. The summed E-state index contributed by atoms with van der Waals surface area (Å²) in [4.78, 5) is 4.13. The van der Waals surface area contributed by atoms with E-state index in [0.29, 0.717) is 22.6 Å². The topological polar surface area (TPSA) is 60.1 Å². The molecule has 0 atom stereocenters. The summed E-state index contributed by atoms with van der Waals surface area (Å²) in [5.41, 5.74) is 1.67. The number of halogens is 3. The van der Waals surface area contributed by atoms with Crippen LogP contribution in [0.5, 0.6) is 0 Å². The zero-order valence-corrected chi connectivity index (χ0v) is 14.6. The van der Waals surface area contributed by atoms with Gasteiger partial charge in [0.15, 0.2) is 5.69 Å². The van der Waals surface area contributed by atoms with Crippen molar-refractivity contribution < 1.29 is 17.4 Å². The van der Waals surface area contributed by atoms with Crippen molar-refractivity contribution in [2.45, 2.75) is 20.0 Å². The summed E-state index contributed by atoms with van der Waals surface area (Å²) in [5, 5.41) is 3.74. The fourth-order valence-electron chi connectivity index (χ4n) is 2.63. The maximum absolute atomic E-state index is 13.2. The SMILES string of the molecule is Cc1ccc(-n2nc(C(F)(F)F)cc2-c2ccccn2)c(C)c1N=S=O. The van der Waals surface area contributed by atoms with Gasteiger partial charge in [0, 0.05) is 11.8 Å². The maximum atomic E-state index is 13.2. The Labute approximate surface area is 150 Å². The van der Waals surface area contributed by atoms with Crippen LogP contribution in [0.4, 0.5) is 18.9 Å². The molecule has 1 aromatic carbocycles. The van der Waals surface area contributed by atoms with Crippen molar-refractivity contribution in [1.29, 1.82) is 0 Å². The van der Waals surface area contributed by atoms with E-state index in [2.05, 4.69) is 14.4 Å². The molecule has 0 aliphatic rings. The second kappa shape index (κ2) is 6.83. The van der Waals surface area contributed by atoms with Gasteiger partial charge >= 0.3 is 6.18 Å². The van der Waals surface area contributed by atoms with Crippen LogP contribution in [-0.2, 0) is 17.6 Å². The molecule has 0 radical (unpaired) electrons. The molecule has 3 rings (SSSR count). The number of rotatable bonds is 3. The van der Waals surface area contributed by atoms with Crippen molar-refractivity contribution in [2.75, 3.05) is 0 Å². The van der Waals surface area contributed by atoms with E-state index >= 15 is 0 Å². The lowest BCUT2D eigenvalue weighted by Crippen LogP contribution is -2.08. The minimum atomic E-state index is -4.59. The minimum absolute atomic E-state index is 0.0500. The van der Waals surface area contributed by atoms with Crippen LogP contribution in [0.2, 0.25) is 0 Å². The summed E-state index contributed by atoms with van der Waals surface area (Å²) in [7, 11) is 0. The van der Waals surface area contributed by atoms with E-state index in [4.69, 9.17) is 0 Å². The average molecular weight is 378 g/mol. The standard InChI is InChI=1S/C17H13F3N4OS/c1-10-6-7-13(11(2)16(10)23-26-25)24-14(12-5-3-4-8-21-12)9-15(22-24)17(18,19)20/h3-9H,1-2H3. The van der Waals surface area contributed by atoms with Crippen LogP contribution in [-0.4, -0.2) is 19.0 Å². The van der Waals surface area contributed by atoms with Crippen LogP contribution < -0.4 is 0 Å². The van der Waals surface area contributed by atoms with Gasteiger partial charge in [0.2, 0.25) is 11.5 Å². The zero-order valence-electron chi connectivity index (χ0n) is 13.8. The third kappa shape index (κ3) is 3.30. The molecule has 0 amide bonds.